The number of ether oxygens (including phenoxy) is 1. The lowest BCUT2D eigenvalue weighted by atomic mass is 9.90. The van der Waals surface area contributed by atoms with Crippen molar-refractivity contribution in [3.05, 3.63) is 16.9 Å². The lowest BCUT2D eigenvalue weighted by molar-refractivity contribution is 0.000444. The second kappa shape index (κ2) is 5.53. The lowest BCUT2D eigenvalue weighted by Gasteiger charge is -2.30. The summed E-state index contributed by atoms with van der Waals surface area (Å²) in [5, 5.41) is 4.17. The molecule has 96 valence electrons. The van der Waals surface area contributed by atoms with Crippen LogP contribution in [0.4, 0.5) is 4.79 Å². The van der Waals surface area contributed by atoms with Crippen molar-refractivity contribution in [2.45, 2.75) is 39.3 Å². The van der Waals surface area contributed by atoms with Crippen LogP contribution in [0.5, 0.6) is 0 Å². The molecule has 17 heavy (non-hydrogen) atoms. The third-order valence-electron chi connectivity index (χ3n) is 2.94. The minimum absolute atomic E-state index is 0.193. The normalized spacial score (nSPS) is 13.4. The van der Waals surface area contributed by atoms with Gasteiger partial charge in [-0.2, -0.15) is 5.10 Å². The highest BCUT2D eigenvalue weighted by atomic mass is 79.9. The van der Waals surface area contributed by atoms with Gasteiger partial charge in [-0.05, 0) is 42.1 Å². The van der Waals surface area contributed by atoms with E-state index in [-0.39, 0.29) is 5.92 Å². The molecule has 1 amide bonds. The molecule has 6 heteroatoms. The number of amides is 1. The van der Waals surface area contributed by atoms with Gasteiger partial charge in [0.2, 0.25) is 0 Å². The molecule has 0 fully saturated rings. The minimum atomic E-state index is -0.733. The summed E-state index contributed by atoms with van der Waals surface area (Å²) in [7, 11) is 0. The highest BCUT2D eigenvalue weighted by molar-refractivity contribution is 9.10. The summed E-state index contributed by atoms with van der Waals surface area (Å²) in [6.45, 7) is 6.53. The van der Waals surface area contributed by atoms with Crippen LogP contribution in [0, 0.1) is 5.92 Å². The molecule has 1 heterocycles. The lowest BCUT2D eigenvalue weighted by Crippen LogP contribution is -2.37. The fraction of sp³-hybridized carbons (Fsp3) is 0.636. The summed E-state index contributed by atoms with van der Waals surface area (Å²) < 4.78 is 7.90. The zero-order valence-electron chi connectivity index (χ0n) is 10.3. The molecule has 1 aromatic rings. The van der Waals surface area contributed by atoms with Gasteiger partial charge in [0.25, 0.3) is 0 Å². The molecule has 0 aliphatic heterocycles. The number of aryl methyl sites for hydroxylation is 1. The van der Waals surface area contributed by atoms with E-state index < -0.39 is 11.7 Å². The molecule has 0 saturated heterocycles. The summed E-state index contributed by atoms with van der Waals surface area (Å²) in [6, 6.07) is 0. The van der Waals surface area contributed by atoms with E-state index in [1.807, 2.05) is 31.6 Å². The highest BCUT2D eigenvalue weighted by Crippen LogP contribution is 2.24. The van der Waals surface area contributed by atoms with Gasteiger partial charge in [-0.25, -0.2) is 4.79 Å². The third-order valence-corrected chi connectivity index (χ3v) is 3.35. The molecule has 0 aromatic carbocycles. The van der Waals surface area contributed by atoms with E-state index >= 15 is 0 Å². The number of rotatable bonds is 5. The van der Waals surface area contributed by atoms with E-state index in [4.69, 9.17) is 10.5 Å². The van der Waals surface area contributed by atoms with Gasteiger partial charge >= 0.3 is 6.09 Å². The van der Waals surface area contributed by atoms with E-state index in [0.29, 0.717) is 0 Å². The van der Waals surface area contributed by atoms with E-state index in [0.717, 1.165) is 17.4 Å². The summed E-state index contributed by atoms with van der Waals surface area (Å²) in [5.41, 5.74) is 4.48. The van der Waals surface area contributed by atoms with Crippen LogP contribution >= 0.6 is 15.9 Å². The van der Waals surface area contributed by atoms with Gasteiger partial charge in [-0.1, -0.05) is 6.92 Å². The van der Waals surface area contributed by atoms with E-state index in [1.54, 1.807) is 6.20 Å². The second-order valence-corrected chi connectivity index (χ2v) is 5.55. The summed E-state index contributed by atoms with van der Waals surface area (Å²) in [6.07, 6.45) is 3.78. The Hall–Kier alpha value is -1.04. The molecule has 0 aliphatic carbocycles. The Morgan fingerprint density at radius 1 is 1.71 bits per heavy atom. The van der Waals surface area contributed by atoms with Crippen LogP contribution in [0.25, 0.3) is 0 Å². The SMILES string of the molecule is CC(CCn1cc(Br)cn1)C(C)(C)OC(N)=O. The topological polar surface area (TPSA) is 70.1 Å². The molecule has 1 unspecified atom stereocenters. The van der Waals surface area contributed by atoms with Gasteiger partial charge in [0.1, 0.15) is 5.60 Å². The Balaban J connectivity index is 2.48. The van der Waals surface area contributed by atoms with Crippen molar-refractivity contribution in [1.29, 1.82) is 0 Å². The van der Waals surface area contributed by atoms with Crippen LogP contribution in [0.1, 0.15) is 27.2 Å². The molecule has 2 N–H and O–H groups in total. The maximum absolute atomic E-state index is 10.8. The Kier molecular flexibility index (Phi) is 4.56. The largest absolute Gasteiger partial charge is 0.443 e. The number of hydrogen-bond donors (Lipinski definition) is 1. The first-order valence-corrected chi connectivity index (χ1v) is 6.27. The van der Waals surface area contributed by atoms with Gasteiger partial charge in [0.05, 0.1) is 10.7 Å². The van der Waals surface area contributed by atoms with Crippen molar-refractivity contribution in [2.75, 3.05) is 0 Å². The summed E-state index contributed by atoms with van der Waals surface area (Å²) in [4.78, 5) is 10.8. The zero-order chi connectivity index (χ0) is 13.1. The van der Waals surface area contributed by atoms with E-state index in [1.165, 1.54) is 0 Å². The number of nitrogens with zero attached hydrogens (tertiary/aromatic N) is 2. The number of nitrogens with two attached hydrogens (primary N) is 1. The molecule has 1 rings (SSSR count). The Morgan fingerprint density at radius 3 is 2.82 bits per heavy atom. The van der Waals surface area contributed by atoms with Gasteiger partial charge in [0.15, 0.2) is 0 Å². The van der Waals surface area contributed by atoms with Crippen molar-refractivity contribution < 1.29 is 9.53 Å². The van der Waals surface area contributed by atoms with Crippen molar-refractivity contribution in [2.24, 2.45) is 11.7 Å². The predicted octanol–water partition coefficient (Wildman–Crippen LogP) is 2.55. The van der Waals surface area contributed by atoms with Gasteiger partial charge in [0, 0.05) is 12.7 Å². The number of carbonyl (C=O) groups excluding carboxylic acids is 1. The van der Waals surface area contributed by atoms with Crippen LogP contribution in [-0.4, -0.2) is 21.5 Å². The van der Waals surface area contributed by atoms with Crippen LogP contribution < -0.4 is 5.73 Å². The zero-order valence-corrected chi connectivity index (χ0v) is 11.9. The summed E-state index contributed by atoms with van der Waals surface area (Å²) in [5.74, 6) is 0.193. The second-order valence-electron chi connectivity index (χ2n) is 4.64. The average Bonchev–Trinajstić information content (AvgIpc) is 2.58. The third kappa shape index (κ3) is 4.38. The fourth-order valence-corrected chi connectivity index (χ4v) is 1.82. The van der Waals surface area contributed by atoms with E-state index in [9.17, 15) is 4.79 Å². The molecule has 0 saturated carbocycles. The molecule has 1 aromatic heterocycles. The number of primary amides is 1. The predicted molar refractivity (Wildman–Crippen MR) is 68.5 cm³/mol. The maximum Gasteiger partial charge on any atom is 0.405 e. The van der Waals surface area contributed by atoms with Gasteiger partial charge < -0.3 is 10.5 Å². The Morgan fingerprint density at radius 2 is 2.35 bits per heavy atom. The first-order valence-electron chi connectivity index (χ1n) is 5.47. The minimum Gasteiger partial charge on any atom is -0.443 e. The molecule has 1 atom stereocenters. The maximum atomic E-state index is 10.8. The highest BCUT2D eigenvalue weighted by Gasteiger charge is 2.29. The molecule has 0 aliphatic rings. The molecule has 5 nitrogen and oxygen atoms in total. The number of aromatic nitrogens is 2. The van der Waals surface area contributed by atoms with Crippen molar-refractivity contribution in [3.8, 4) is 0 Å². The molecular formula is C11H18BrN3O2. The number of halogens is 1. The van der Waals surface area contributed by atoms with Crippen LogP contribution in [0.3, 0.4) is 0 Å². The van der Waals surface area contributed by atoms with Gasteiger partial charge in [-0.3, -0.25) is 4.68 Å². The van der Waals surface area contributed by atoms with Crippen molar-refractivity contribution >= 4 is 22.0 Å². The van der Waals surface area contributed by atoms with Gasteiger partial charge in [-0.15, -0.1) is 0 Å². The fourth-order valence-electron chi connectivity index (χ4n) is 1.49. The first kappa shape index (κ1) is 14.0. The van der Waals surface area contributed by atoms with Crippen LogP contribution in [0.15, 0.2) is 16.9 Å². The van der Waals surface area contributed by atoms with Crippen LogP contribution in [-0.2, 0) is 11.3 Å². The average molecular weight is 304 g/mol. The molecule has 0 radical (unpaired) electrons. The van der Waals surface area contributed by atoms with Crippen molar-refractivity contribution in [1.82, 2.24) is 9.78 Å². The smallest absolute Gasteiger partial charge is 0.405 e. The Labute approximate surface area is 109 Å². The monoisotopic (exact) mass is 303 g/mol. The molecular weight excluding hydrogens is 286 g/mol. The van der Waals surface area contributed by atoms with Crippen LogP contribution in [0.2, 0.25) is 0 Å². The summed E-state index contributed by atoms with van der Waals surface area (Å²) >= 11 is 3.34. The number of hydrogen-bond acceptors (Lipinski definition) is 3. The number of carbonyl (C=O) groups is 1. The molecule has 0 bridgehead atoms. The first-order chi connectivity index (χ1) is 7.81. The van der Waals surface area contributed by atoms with Crippen molar-refractivity contribution in [3.63, 3.8) is 0 Å². The quantitative estimate of drug-likeness (QED) is 0.908. The standard InChI is InChI=1S/C11H18BrN3O2/c1-8(11(2,3)17-10(13)16)4-5-15-7-9(12)6-14-15/h6-8H,4-5H2,1-3H3,(H2,13,16). The van der Waals surface area contributed by atoms with E-state index in [2.05, 4.69) is 21.0 Å². The Bertz CT molecular complexity index is 390. The molecule has 0 spiro atoms.